The van der Waals surface area contributed by atoms with Crippen LogP contribution in [0.4, 0.5) is 0 Å². The zero-order valence-electron chi connectivity index (χ0n) is 24.8. The Labute approximate surface area is 243 Å². The number of benzene rings is 2. The minimum Gasteiger partial charge on any atom is -0.361 e. The monoisotopic (exact) mass is 555 g/mol. The molecule has 0 bridgehead atoms. The summed E-state index contributed by atoms with van der Waals surface area (Å²) in [7, 11) is 0. The molecule has 3 heterocycles. The average Bonchev–Trinajstić information content (AvgIpc) is 3.70. The van der Waals surface area contributed by atoms with E-state index in [1.54, 1.807) is 13.8 Å². The Kier molecular flexibility index (Phi) is 8.80. The number of aryl methyl sites for hydroxylation is 1. The van der Waals surface area contributed by atoms with Gasteiger partial charge in [0.25, 0.3) is 0 Å². The number of fused-ring (bicyclic) bond motifs is 2. The normalized spacial score (nSPS) is 16.5. The number of amides is 1. The number of hydrogen-bond donors (Lipinski definition) is 5. The molecule has 0 saturated heterocycles. The zero-order chi connectivity index (χ0) is 29.0. The number of aromatic nitrogens is 2. The molecule has 8 nitrogen and oxygen atoms in total. The first-order valence-electron chi connectivity index (χ1n) is 15.0. The van der Waals surface area contributed by atoms with Gasteiger partial charge >= 0.3 is 0 Å². The molecule has 1 aliphatic rings. The molecule has 0 fully saturated rings. The summed E-state index contributed by atoms with van der Waals surface area (Å²) in [6, 6.07) is 16.8. The fourth-order valence-electron chi connectivity index (χ4n) is 6.02. The highest BCUT2D eigenvalue weighted by molar-refractivity contribution is 5.95. The maximum atomic E-state index is 13.0. The lowest BCUT2D eigenvalue weighted by molar-refractivity contribution is -0.125. The van der Waals surface area contributed by atoms with Gasteiger partial charge in [-0.25, -0.2) is 0 Å². The lowest BCUT2D eigenvalue weighted by atomic mass is 9.91. The first kappa shape index (κ1) is 28.9. The number of H-pyrrole nitrogens is 2. The van der Waals surface area contributed by atoms with Gasteiger partial charge < -0.3 is 26.4 Å². The van der Waals surface area contributed by atoms with E-state index in [1.807, 2.05) is 18.3 Å². The SMILES string of the molecule is CCC[C@H](C(C)CCCc1c[nH]c2ccccc12)N1CN=C(C(Cc2c[nH]c3ccccc23)NC(=O)C(C)(C)N)N1. The number of amidine groups is 1. The number of carbonyl (C=O) groups is 1. The van der Waals surface area contributed by atoms with E-state index in [4.69, 9.17) is 10.7 Å². The van der Waals surface area contributed by atoms with Crippen molar-refractivity contribution in [3.8, 4) is 0 Å². The van der Waals surface area contributed by atoms with Crippen LogP contribution < -0.4 is 16.5 Å². The van der Waals surface area contributed by atoms with Crippen LogP contribution in [0.2, 0.25) is 0 Å². The molecule has 41 heavy (non-hydrogen) atoms. The van der Waals surface area contributed by atoms with Crippen molar-refractivity contribution in [1.82, 2.24) is 25.7 Å². The Hall–Kier alpha value is -3.62. The fourth-order valence-corrected chi connectivity index (χ4v) is 6.02. The van der Waals surface area contributed by atoms with E-state index in [0.717, 1.165) is 54.4 Å². The lowest BCUT2D eigenvalue weighted by Gasteiger charge is -2.33. The minimum absolute atomic E-state index is 0.193. The second kappa shape index (κ2) is 12.5. The third-order valence-corrected chi connectivity index (χ3v) is 8.39. The topological polar surface area (TPSA) is 114 Å². The van der Waals surface area contributed by atoms with Crippen molar-refractivity contribution in [3.63, 3.8) is 0 Å². The minimum atomic E-state index is -0.985. The van der Waals surface area contributed by atoms with Gasteiger partial charge in [0.2, 0.25) is 5.91 Å². The van der Waals surface area contributed by atoms with Crippen LogP contribution in [0.25, 0.3) is 21.8 Å². The molecule has 0 radical (unpaired) electrons. The highest BCUT2D eigenvalue weighted by Gasteiger charge is 2.33. The Bertz CT molecular complexity index is 1490. The molecule has 0 spiro atoms. The molecule has 3 atom stereocenters. The highest BCUT2D eigenvalue weighted by Crippen LogP contribution is 2.26. The fraction of sp³-hybridized carbons (Fsp3) is 0.455. The second-order valence-electron chi connectivity index (χ2n) is 12.2. The molecule has 8 heteroatoms. The molecule has 5 rings (SSSR count). The molecular weight excluding hydrogens is 510 g/mol. The van der Waals surface area contributed by atoms with Crippen molar-refractivity contribution < 1.29 is 4.79 Å². The van der Waals surface area contributed by atoms with E-state index in [1.165, 1.54) is 16.5 Å². The van der Waals surface area contributed by atoms with Gasteiger partial charge in [0, 0.05) is 46.7 Å². The van der Waals surface area contributed by atoms with Gasteiger partial charge in [-0.1, -0.05) is 56.7 Å². The first-order chi connectivity index (χ1) is 19.7. The number of nitrogens with zero attached hydrogens (tertiary/aromatic N) is 2. The summed E-state index contributed by atoms with van der Waals surface area (Å²) in [6.45, 7) is 8.64. The number of aliphatic imine (C=N–C) groups is 1. The second-order valence-corrected chi connectivity index (χ2v) is 12.2. The summed E-state index contributed by atoms with van der Waals surface area (Å²) in [5.41, 5.74) is 13.6. The molecule has 2 aromatic carbocycles. The van der Waals surface area contributed by atoms with Gasteiger partial charge in [0.1, 0.15) is 12.5 Å². The van der Waals surface area contributed by atoms with Gasteiger partial charge in [0.15, 0.2) is 0 Å². The van der Waals surface area contributed by atoms with Crippen LogP contribution in [-0.2, 0) is 17.6 Å². The summed E-state index contributed by atoms with van der Waals surface area (Å²) in [5.74, 6) is 1.09. The molecule has 218 valence electrons. The van der Waals surface area contributed by atoms with Gasteiger partial charge in [-0.15, -0.1) is 0 Å². The number of carbonyl (C=O) groups excluding carboxylic acids is 1. The standard InChI is InChI=1S/C33H45N7O/c1-5-11-30(22(2)12-10-13-23-19-35-27-16-8-6-14-25(23)27)40-21-37-31(39-40)29(38-32(41)33(3,4)34)18-24-20-36-28-17-9-7-15-26(24)28/h6-9,14-17,19-20,22,29-30,35-36H,5,10-13,18,21,34H2,1-4H3,(H,37,39)(H,38,41)/t22?,29?,30-/m1/s1. The number of aromatic amines is 2. The highest BCUT2D eigenvalue weighted by atomic mass is 16.2. The van der Waals surface area contributed by atoms with Crippen LogP contribution in [0.15, 0.2) is 65.9 Å². The largest absolute Gasteiger partial charge is 0.361 e. The van der Waals surface area contributed by atoms with Gasteiger partial charge in [-0.3, -0.25) is 9.79 Å². The van der Waals surface area contributed by atoms with Crippen molar-refractivity contribution >= 4 is 33.5 Å². The molecular formula is C33H45N7O. The van der Waals surface area contributed by atoms with E-state index in [0.29, 0.717) is 25.0 Å². The maximum absolute atomic E-state index is 13.0. The third-order valence-electron chi connectivity index (χ3n) is 8.39. The number of para-hydroxylation sites is 2. The molecule has 1 aliphatic heterocycles. The predicted octanol–water partition coefficient (Wildman–Crippen LogP) is 5.42. The third kappa shape index (κ3) is 6.66. The van der Waals surface area contributed by atoms with Crippen LogP contribution in [0.1, 0.15) is 64.5 Å². The van der Waals surface area contributed by atoms with Crippen LogP contribution in [-0.4, -0.2) is 51.0 Å². The van der Waals surface area contributed by atoms with E-state index < -0.39 is 5.54 Å². The lowest BCUT2D eigenvalue weighted by Crippen LogP contribution is -2.57. The number of rotatable bonds is 13. The Morgan fingerprint density at radius 1 is 1.02 bits per heavy atom. The molecule has 4 aromatic rings. The summed E-state index contributed by atoms with van der Waals surface area (Å²) in [4.78, 5) is 24.7. The Morgan fingerprint density at radius 3 is 2.32 bits per heavy atom. The van der Waals surface area contributed by atoms with Crippen LogP contribution in [0.3, 0.4) is 0 Å². The van der Waals surface area contributed by atoms with Crippen molar-refractivity contribution in [1.29, 1.82) is 0 Å². The van der Waals surface area contributed by atoms with E-state index in [-0.39, 0.29) is 11.9 Å². The smallest absolute Gasteiger partial charge is 0.240 e. The summed E-state index contributed by atoms with van der Waals surface area (Å²) in [6.07, 6.45) is 10.3. The molecule has 1 amide bonds. The molecule has 6 N–H and O–H groups in total. The zero-order valence-corrected chi connectivity index (χ0v) is 24.8. The van der Waals surface area contributed by atoms with Gasteiger partial charge in [-0.2, -0.15) is 5.01 Å². The average molecular weight is 556 g/mol. The van der Waals surface area contributed by atoms with Crippen LogP contribution in [0, 0.1) is 5.92 Å². The molecule has 0 aliphatic carbocycles. The van der Waals surface area contributed by atoms with Crippen molar-refractivity contribution in [2.75, 3.05) is 6.67 Å². The van der Waals surface area contributed by atoms with E-state index in [9.17, 15) is 4.79 Å². The summed E-state index contributed by atoms with van der Waals surface area (Å²) >= 11 is 0. The van der Waals surface area contributed by atoms with Crippen LogP contribution in [0.5, 0.6) is 0 Å². The quantitative estimate of drug-likeness (QED) is 0.152. The molecule has 0 saturated carbocycles. The van der Waals surface area contributed by atoms with Gasteiger partial charge in [0.05, 0.1) is 11.6 Å². The van der Waals surface area contributed by atoms with Crippen molar-refractivity contribution in [3.05, 3.63) is 72.1 Å². The van der Waals surface area contributed by atoms with E-state index >= 15 is 0 Å². The van der Waals surface area contributed by atoms with E-state index in [2.05, 4.69) is 82.2 Å². The Morgan fingerprint density at radius 2 is 1.66 bits per heavy atom. The maximum Gasteiger partial charge on any atom is 0.240 e. The van der Waals surface area contributed by atoms with Crippen molar-refractivity contribution in [2.24, 2.45) is 16.6 Å². The van der Waals surface area contributed by atoms with Crippen LogP contribution >= 0.6 is 0 Å². The van der Waals surface area contributed by atoms with Crippen molar-refractivity contribution in [2.45, 2.75) is 83.8 Å². The first-order valence-corrected chi connectivity index (χ1v) is 15.0. The number of hydrogen-bond acceptors (Lipinski definition) is 5. The predicted molar refractivity (Wildman–Crippen MR) is 169 cm³/mol. The summed E-state index contributed by atoms with van der Waals surface area (Å²) in [5, 5.41) is 7.94. The summed E-state index contributed by atoms with van der Waals surface area (Å²) < 4.78 is 0. The number of nitrogens with one attached hydrogen (secondary N) is 4. The molecule has 2 aromatic heterocycles. The molecule has 2 unspecified atom stereocenters. The number of nitrogens with two attached hydrogens (primary N) is 1. The number of hydrazine groups is 1. The Balaban J connectivity index is 1.25. The van der Waals surface area contributed by atoms with Gasteiger partial charge in [-0.05, 0) is 68.7 Å².